The van der Waals surface area contributed by atoms with Crippen LogP contribution in [0.15, 0.2) is 0 Å². The third-order valence-electron chi connectivity index (χ3n) is 0.696. The van der Waals surface area contributed by atoms with Crippen LogP contribution in [0.5, 0.6) is 0 Å². The summed E-state index contributed by atoms with van der Waals surface area (Å²) in [5.74, 6) is -0.604. The molecule has 0 saturated carbocycles. The number of carbonyl (C=O) groups is 1. The lowest BCUT2D eigenvalue weighted by molar-refractivity contribution is -0.145. The van der Waals surface area contributed by atoms with Gasteiger partial charge in [0.15, 0.2) is 0 Å². The molecule has 9 heavy (non-hydrogen) atoms. The summed E-state index contributed by atoms with van der Waals surface area (Å²) in [6.45, 7) is 1.96. The van der Waals surface area contributed by atoms with Gasteiger partial charge in [0.1, 0.15) is 0 Å². The van der Waals surface area contributed by atoms with Crippen molar-refractivity contribution in [2.45, 2.75) is 13.0 Å². The number of hydrogen-bond acceptors (Lipinski definition) is 3. The standard InChI is InChI=1S/C5H8N2O2/c1-2-9-5(8)4(7)3-6/h4H,2,7H2,1H3/p+1/t4-/m1/s1. The Morgan fingerprint density at radius 2 is 2.56 bits per heavy atom. The van der Waals surface area contributed by atoms with Crippen molar-refractivity contribution in [3.63, 3.8) is 0 Å². The van der Waals surface area contributed by atoms with Crippen molar-refractivity contribution >= 4 is 5.97 Å². The van der Waals surface area contributed by atoms with Crippen LogP contribution in [0, 0.1) is 6.07 Å². The number of carbonyl (C=O) groups excluding carboxylic acids is 1. The molecule has 0 aliphatic rings. The molecule has 0 saturated heterocycles. The second-order valence-corrected chi connectivity index (χ2v) is 1.37. The van der Waals surface area contributed by atoms with E-state index in [1.54, 1.807) is 13.0 Å². The molecule has 0 aliphatic heterocycles. The van der Waals surface area contributed by atoms with Gasteiger partial charge in [-0.1, -0.05) is 5.26 Å². The number of esters is 1. The van der Waals surface area contributed by atoms with Crippen LogP contribution in [0.4, 0.5) is 0 Å². The van der Waals surface area contributed by atoms with Gasteiger partial charge in [-0.3, -0.25) is 0 Å². The van der Waals surface area contributed by atoms with Crippen LogP contribution >= 0.6 is 0 Å². The summed E-state index contributed by atoms with van der Waals surface area (Å²) in [5, 5.41) is 6.44. The normalized spacial score (nSPS) is 11.7. The summed E-state index contributed by atoms with van der Waals surface area (Å²) < 4.78 is 4.45. The van der Waals surface area contributed by atoms with Gasteiger partial charge in [-0.15, -0.1) is 0 Å². The molecule has 0 unspecified atom stereocenters. The zero-order valence-electron chi connectivity index (χ0n) is 5.18. The molecule has 0 aromatic carbocycles. The van der Waals surface area contributed by atoms with E-state index in [2.05, 4.69) is 4.74 Å². The maximum atomic E-state index is 10.4. The minimum Gasteiger partial charge on any atom is -0.464 e. The highest BCUT2D eigenvalue weighted by atomic mass is 16.5. The topological polar surface area (TPSA) is 76.1 Å². The molecule has 0 bridgehead atoms. The van der Waals surface area contributed by atoms with Crippen LogP contribution in [0.2, 0.25) is 0 Å². The molecule has 0 spiro atoms. The highest BCUT2D eigenvalue weighted by Crippen LogP contribution is 1.80. The van der Waals surface area contributed by atoms with Crippen molar-refractivity contribution in [1.29, 1.82) is 0 Å². The Morgan fingerprint density at radius 3 is 2.89 bits per heavy atom. The average molecular weight is 129 g/mol. The third-order valence-corrected chi connectivity index (χ3v) is 0.696. The molecule has 0 radical (unpaired) electrons. The smallest absolute Gasteiger partial charge is 0.342 e. The number of ether oxygens (including phenoxy) is 1. The summed E-state index contributed by atoms with van der Waals surface area (Å²) >= 11 is 0. The molecule has 4 nitrogen and oxygen atoms in total. The largest absolute Gasteiger partial charge is 0.464 e. The van der Waals surface area contributed by atoms with Gasteiger partial charge in [-0.2, -0.15) is 0 Å². The van der Waals surface area contributed by atoms with Gasteiger partial charge in [0.25, 0.3) is 0 Å². The fourth-order valence-corrected chi connectivity index (χ4v) is 0.291. The van der Waals surface area contributed by atoms with E-state index in [0.717, 1.165) is 0 Å². The van der Waals surface area contributed by atoms with Gasteiger partial charge in [0, 0.05) is 0 Å². The molecule has 3 N–H and O–H groups in total. The number of rotatable bonds is 2. The maximum Gasteiger partial charge on any atom is 0.342 e. The Bertz CT molecular complexity index is 138. The molecule has 0 aromatic heterocycles. The van der Waals surface area contributed by atoms with E-state index < -0.39 is 12.0 Å². The van der Waals surface area contributed by atoms with Crippen LogP contribution in [-0.4, -0.2) is 18.6 Å². The van der Waals surface area contributed by atoms with Gasteiger partial charge in [-0.05, 0) is 6.92 Å². The van der Waals surface area contributed by atoms with E-state index in [9.17, 15) is 4.79 Å². The quantitative estimate of drug-likeness (QED) is 0.410. The van der Waals surface area contributed by atoms with E-state index in [-0.39, 0.29) is 6.61 Å². The van der Waals surface area contributed by atoms with Crippen LogP contribution in [0.25, 0.3) is 0 Å². The zero-order valence-corrected chi connectivity index (χ0v) is 5.18. The minimum atomic E-state index is -1.02. The molecule has 50 valence electrons. The Hall–Kier alpha value is -1.08. The molecule has 0 aliphatic carbocycles. The van der Waals surface area contributed by atoms with Crippen LogP contribution in [0.3, 0.4) is 0 Å². The first-order chi connectivity index (χ1) is 4.22. The van der Waals surface area contributed by atoms with Crippen molar-refractivity contribution in [1.82, 2.24) is 0 Å². The lowest BCUT2D eigenvalue weighted by Gasteiger charge is -1.98. The molecule has 4 heteroatoms. The van der Waals surface area contributed by atoms with Crippen molar-refractivity contribution in [2.75, 3.05) is 6.61 Å². The second-order valence-electron chi connectivity index (χ2n) is 1.37. The number of nitrogens with one attached hydrogen (secondary N) is 1. The monoisotopic (exact) mass is 129 g/mol. The zero-order chi connectivity index (χ0) is 7.28. The Balaban J connectivity index is 3.63. The van der Waals surface area contributed by atoms with Gasteiger partial charge >= 0.3 is 12.0 Å². The predicted molar refractivity (Wildman–Crippen MR) is 29.5 cm³/mol. The lowest BCUT2D eigenvalue weighted by Crippen LogP contribution is -2.36. The van der Waals surface area contributed by atoms with Crippen molar-refractivity contribution in [2.24, 2.45) is 5.73 Å². The maximum absolute atomic E-state index is 10.4. The fraction of sp³-hybridized carbons (Fsp3) is 0.600. The molecule has 0 fully saturated rings. The summed E-state index contributed by atoms with van der Waals surface area (Å²) in [4.78, 5) is 10.4. The highest BCUT2D eigenvalue weighted by molar-refractivity contribution is 5.78. The Morgan fingerprint density at radius 1 is 2.00 bits per heavy atom. The van der Waals surface area contributed by atoms with Crippen molar-refractivity contribution in [3.8, 4) is 6.07 Å². The molecular weight excluding hydrogens is 120 g/mol. The van der Waals surface area contributed by atoms with Gasteiger partial charge in [0.05, 0.1) is 6.61 Å². The SMILES string of the molecule is CCOC(=O)[C@H](N)C#[NH+]. The van der Waals surface area contributed by atoms with E-state index in [4.69, 9.17) is 11.0 Å². The molecule has 1 atom stereocenters. The second kappa shape index (κ2) is 3.87. The van der Waals surface area contributed by atoms with Crippen LogP contribution in [0.1, 0.15) is 6.92 Å². The minimum absolute atomic E-state index is 0.286. The van der Waals surface area contributed by atoms with E-state index >= 15 is 0 Å². The number of hydrogen-bond donors (Lipinski definition) is 2. The lowest BCUT2D eigenvalue weighted by atomic mass is 10.4. The molecular formula is C5H9N2O2+. The van der Waals surface area contributed by atoms with E-state index in [0.29, 0.717) is 0 Å². The highest BCUT2D eigenvalue weighted by Gasteiger charge is 2.15. The van der Waals surface area contributed by atoms with Crippen LogP contribution in [-0.2, 0) is 9.53 Å². The molecule has 0 amide bonds. The first-order valence-electron chi connectivity index (χ1n) is 2.56. The summed E-state index contributed by atoms with van der Waals surface area (Å²) in [7, 11) is 0. The fourth-order valence-electron chi connectivity index (χ4n) is 0.291. The first-order valence-corrected chi connectivity index (χ1v) is 2.56. The molecule has 0 rings (SSSR count). The molecule has 0 aromatic rings. The van der Waals surface area contributed by atoms with Gasteiger partial charge < -0.3 is 10.5 Å². The summed E-state index contributed by atoms with van der Waals surface area (Å²) in [5.41, 5.74) is 5.03. The Kier molecular flexibility index (Phi) is 3.40. The third kappa shape index (κ3) is 2.67. The Labute approximate surface area is 53.2 Å². The van der Waals surface area contributed by atoms with Crippen molar-refractivity contribution < 1.29 is 14.8 Å². The first kappa shape index (κ1) is 7.92. The molecule has 0 heterocycles. The van der Waals surface area contributed by atoms with Gasteiger partial charge in [-0.25, -0.2) is 4.79 Å². The van der Waals surface area contributed by atoms with Crippen molar-refractivity contribution in [3.05, 3.63) is 0 Å². The average Bonchev–Trinajstić information content (AvgIpc) is 1.87. The predicted octanol–water partition coefficient (Wildman–Crippen LogP) is -2.35. The van der Waals surface area contributed by atoms with E-state index in [1.807, 2.05) is 0 Å². The number of nitrogens with two attached hydrogens (primary N) is 1. The summed E-state index contributed by atoms with van der Waals surface area (Å²) in [6, 6.07) is 0.780. The van der Waals surface area contributed by atoms with Gasteiger partial charge in [0.2, 0.25) is 6.04 Å². The van der Waals surface area contributed by atoms with E-state index in [1.165, 1.54) is 0 Å². The van der Waals surface area contributed by atoms with Crippen LogP contribution < -0.4 is 11.0 Å². The summed E-state index contributed by atoms with van der Waals surface area (Å²) in [6.07, 6.45) is 0.